The molecule has 0 aromatic heterocycles. The molecule has 508 valence electrons. The molecule has 0 aromatic rings. The molecule has 0 aliphatic carbocycles. The Balaban J connectivity index is 3.37. The molecule has 0 aromatic carbocycles. The molecule has 2 atom stereocenters. The third-order valence-corrected chi connectivity index (χ3v) is 18.4. The topological polar surface area (TPSA) is 95.9 Å². The number of rotatable bonds is 74. The highest BCUT2D eigenvalue weighted by molar-refractivity contribution is 5.76. The number of carbonyl (C=O) groups is 2. The van der Waals surface area contributed by atoms with E-state index in [9.17, 15) is 19.8 Å². The molecule has 86 heavy (non-hydrogen) atoms. The summed E-state index contributed by atoms with van der Waals surface area (Å²) in [6.45, 7) is 4.95. The summed E-state index contributed by atoms with van der Waals surface area (Å²) < 4.78 is 5.50. The molecule has 0 saturated carbocycles. The van der Waals surface area contributed by atoms with Gasteiger partial charge < -0.3 is 20.3 Å². The van der Waals surface area contributed by atoms with Gasteiger partial charge in [0.1, 0.15) is 0 Å². The van der Waals surface area contributed by atoms with E-state index in [2.05, 4.69) is 43.5 Å². The van der Waals surface area contributed by atoms with Crippen molar-refractivity contribution >= 4 is 11.9 Å². The van der Waals surface area contributed by atoms with E-state index in [4.69, 9.17) is 4.74 Å². The number of aliphatic hydroxyl groups excluding tert-OH is 2. The van der Waals surface area contributed by atoms with E-state index in [0.717, 1.165) is 44.9 Å². The fourth-order valence-electron chi connectivity index (χ4n) is 12.4. The molecule has 0 aliphatic rings. The van der Waals surface area contributed by atoms with Crippen LogP contribution in [0.2, 0.25) is 0 Å². The number of unbranched alkanes of at least 4 members (excludes halogenated alkanes) is 59. The summed E-state index contributed by atoms with van der Waals surface area (Å²) in [5.41, 5.74) is 0. The van der Waals surface area contributed by atoms with Crippen LogP contribution in [0.5, 0.6) is 0 Å². The van der Waals surface area contributed by atoms with E-state index in [1.807, 2.05) is 6.08 Å². The quantitative estimate of drug-likeness (QED) is 0.0320. The molecule has 6 nitrogen and oxygen atoms in total. The average molecular weight is 1210 g/mol. The Kier molecular flexibility index (Phi) is 73.9. The first-order chi connectivity index (χ1) is 42.5. The van der Waals surface area contributed by atoms with Gasteiger partial charge in [-0.1, -0.05) is 397 Å². The van der Waals surface area contributed by atoms with Crippen LogP contribution in [0.3, 0.4) is 0 Å². The van der Waals surface area contributed by atoms with Gasteiger partial charge in [-0.15, -0.1) is 0 Å². The summed E-state index contributed by atoms with van der Waals surface area (Å²) in [6.07, 6.45) is 98.4. The number of hydrogen-bond donors (Lipinski definition) is 3. The van der Waals surface area contributed by atoms with Crippen LogP contribution in [-0.2, 0) is 14.3 Å². The van der Waals surface area contributed by atoms with Crippen LogP contribution in [0.25, 0.3) is 0 Å². The van der Waals surface area contributed by atoms with Gasteiger partial charge in [-0.25, -0.2) is 0 Å². The fourth-order valence-corrected chi connectivity index (χ4v) is 12.4. The molecule has 0 aliphatic heterocycles. The molecule has 0 saturated heterocycles. The molecule has 0 heterocycles. The van der Waals surface area contributed by atoms with E-state index in [0.29, 0.717) is 19.4 Å². The maximum absolute atomic E-state index is 12.5. The number of carbonyl (C=O) groups excluding carboxylic acids is 2. The summed E-state index contributed by atoms with van der Waals surface area (Å²) in [6, 6.07) is -0.626. The maximum atomic E-state index is 12.5. The molecule has 6 heteroatoms. The van der Waals surface area contributed by atoms with Crippen molar-refractivity contribution < 1.29 is 24.5 Å². The van der Waals surface area contributed by atoms with E-state index >= 15 is 0 Å². The zero-order valence-corrected chi connectivity index (χ0v) is 58.3. The summed E-state index contributed by atoms with van der Waals surface area (Å²) in [4.78, 5) is 24.6. The van der Waals surface area contributed by atoms with Gasteiger partial charge in [0.05, 0.1) is 25.4 Å². The van der Waals surface area contributed by atoms with Crippen molar-refractivity contribution in [1.82, 2.24) is 5.32 Å². The summed E-state index contributed by atoms with van der Waals surface area (Å²) in [5, 5.41) is 23.2. The summed E-state index contributed by atoms with van der Waals surface area (Å²) in [5.74, 6) is -0.0397. The highest BCUT2D eigenvalue weighted by atomic mass is 16.5. The van der Waals surface area contributed by atoms with E-state index in [1.54, 1.807) is 6.08 Å². The van der Waals surface area contributed by atoms with Crippen LogP contribution in [-0.4, -0.2) is 47.4 Å². The van der Waals surface area contributed by atoms with Crippen molar-refractivity contribution in [1.29, 1.82) is 0 Å². The number of hydrogen-bond acceptors (Lipinski definition) is 5. The van der Waals surface area contributed by atoms with Crippen LogP contribution in [0.4, 0.5) is 0 Å². The van der Waals surface area contributed by atoms with Gasteiger partial charge in [0.15, 0.2) is 0 Å². The van der Waals surface area contributed by atoms with Gasteiger partial charge in [0.25, 0.3) is 0 Å². The number of esters is 1. The number of aliphatic hydroxyl groups is 2. The monoisotopic (exact) mass is 1210 g/mol. The standard InChI is InChI=1S/C80H153NO5/c1-3-5-7-9-11-13-15-17-19-41-45-48-52-56-60-64-68-72-78(83)77(76-82)81-79(84)73-69-65-61-57-53-49-46-42-39-37-35-33-31-29-27-25-23-21-20-22-24-26-28-30-32-34-36-38-40-43-47-51-55-59-63-67-71-75-86-80(85)74-70-66-62-58-54-50-44-18-16-14-12-10-8-6-4-2/h20,22,26,28,68,72,77-78,82-83H,3-19,21,23-25,27,29-67,69-71,73-76H2,1-2H3,(H,81,84)/b22-20-,28-26-,72-68+. The minimum atomic E-state index is -0.843. The fraction of sp³-hybridized carbons (Fsp3) is 0.900. The lowest BCUT2D eigenvalue weighted by Crippen LogP contribution is -2.45. The molecule has 1 amide bonds. The minimum Gasteiger partial charge on any atom is -0.466 e. The molecule has 0 bridgehead atoms. The second-order valence-electron chi connectivity index (χ2n) is 27.0. The first-order valence-electron chi connectivity index (χ1n) is 39.3. The van der Waals surface area contributed by atoms with Crippen LogP contribution >= 0.6 is 0 Å². The summed E-state index contributed by atoms with van der Waals surface area (Å²) in [7, 11) is 0. The van der Waals surface area contributed by atoms with Gasteiger partial charge in [0, 0.05) is 12.8 Å². The maximum Gasteiger partial charge on any atom is 0.305 e. The highest BCUT2D eigenvalue weighted by Crippen LogP contribution is 2.19. The SMILES string of the molecule is CCCCCCCCCCCCCCCCC/C=C/C(O)C(CO)NC(=O)CCCCCCCCCCCCCCCCCCC/C=C\C/C=C\CCCCCCCCCCCCCCCOC(=O)CCCCCCCCCCCCCCCCC. The zero-order chi connectivity index (χ0) is 62.0. The Morgan fingerprint density at radius 1 is 0.326 bits per heavy atom. The first kappa shape index (κ1) is 84.1. The Hall–Kier alpha value is -1.92. The molecule has 3 N–H and O–H groups in total. The number of nitrogens with one attached hydrogen (secondary N) is 1. The normalized spacial score (nSPS) is 12.7. The van der Waals surface area contributed by atoms with Crippen LogP contribution in [0.1, 0.15) is 438 Å². The summed E-state index contributed by atoms with van der Waals surface area (Å²) >= 11 is 0. The third kappa shape index (κ3) is 71.2. The van der Waals surface area contributed by atoms with E-state index < -0.39 is 12.1 Å². The molecule has 0 rings (SSSR count). The minimum absolute atomic E-state index is 0.0221. The van der Waals surface area contributed by atoms with Gasteiger partial charge >= 0.3 is 5.97 Å². The Labute approximate surface area is 538 Å². The van der Waals surface area contributed by atoms with Crippen LogP contribution in [0, 0.1) is 0 Å². The number of ether oxygens (including phenoxy) is 1. The zero-order valence-electron chi connectivity index (χ0n) is 58.3. The largest absolute Gasteiger partial charge is 0.466 e. The number of amides is 1. The van der Waals surface area contributed by atoms with E-state index in [-0.39, 0.29) is 18.5 Å². The van der Waals surface area contributed by atoms with Crippen molar-refractivity contribution in [3.8, 4) is 0 Å². The van der Waals surface area contributed by atoms with Gasteiger partial charge in [0.2, 0.25) is 5.91 Å². The van der Waals surface area contributed by atoms with Crippen molar-refractivity contribution in [2.75, 3.05) is 13.2 Å². The average Bonchev–Trinajstić information content (AvgIpc) is 3.52. The molecule has 0 fully saturated rings. The molecular weight excluding hydrogens is 1050 g/mol. The van der Waals surface area contributed by atoms with Crippen molar-refractivity contribution in [2.24, 2.45) is 0 Å². The second-order valence-corrected chi connectivity index (χ2v) is 27.0. The van der Waals surface area contributed by atoms with Crippen molar-refractivity contribution in [2.45, 2.75) is 450 Å². The Morgan fingerprint density at radius 3 is 0.884 bits per heavy atom. The third-order valence-electron chi connectivity index (χ3n) is 18.4. The molecule has 0 radical (unpaired) electrons. The second kappa shape index (κ2) is 75.5. The molecule has 0 spiro atoms. The van der Waals surface area contributed by atoms with Gasteiger partial charge in [-0.2, -0.15) is 0 Å². The predicted octanol–water partition coefficient (Wildman–Crippen LogP) is 25.8. The van der Waals surface area contributed by atoms with Crippen molar-refractivity contribution in [3.63, 3.8) is 0 Å². The molecular formula is C80H153NO5. The smallest absolute Gasteiger partial charge is 0.305 e. The van der Waals surface area contributed by atoms with Gasteiger partial charge in [-0.05, 0) is 64.2 Å². The first-order valence-corrected chi connectivity index (χ1v) is 39.3. The van der Waals surface area contributed by atoms with E-state index in [1.165, 1.54) is 366 Å². The Morgan fingerprint density at radius 2 is 0.581 bits per heavy atom. The predicted molar refractivity (Wildman–Crippen MR) is 379 cm³/mol. The van der Waals surface area contributed by atoms with Crippen molar-refractivity contribution in [3.05, 3.63) is 36.5 Å². The highest BCUT2D eigenvalue weighted by Gasteiger charge is 2.18. The molecule has 2 unspecified atom stereocenters. The Bertz CT molecular complexity index is 1390. The number of allylic oxidation sites excluding steroid dienone is 5. The van der Waals surface area contributed by atoms with Gasteiger partial charge in [-0.3, -0.25) is 9.59 Å². The van der Waals surface area contributed by atoms with Crippen LogP contribution in [0.15, 0.2) is 36.5 Å². The van der Waals surface area contributed by atoms with Crippen LogP contribution < -0.4 is 5.32 Å². The lowest BCUT2D eigenvalue weighted by atomic mass is 10.0. The lowest BCUT2D eigenvalue weighted by Gasteiger charge is -2.20. The lowest BCUT2D eigenvalue weighted by molar-refractivity contribution is -0.143.